The first-order valence-corrected chi connectivity index (χ1v) is 3.87. The molecule has 0 radical (unpaired) electrons. The Hall–Kier alpha value is -1.05. The molecule has 0 fully saturated rings. The summed E-state index contributed by atoms with van der Waals surface area (Å²) in [7, 11) is 0. The summed E-state index contributed by atoms with van der Waals surface area (Å²) in [6.07, 6.45) is 9.00. The number of carboxylic acids is 1. The lowest BCUT2D eigenvalue weighted by Crippen LogP contribution is -2.29. The van der Waals surface area contributed by atoms with E-state index in [1.165, 1.54) is 0 Å². The summed E-state index contributed by atoms with van der Waals surface area (Å²) in [4.78, 5) is 10.7. The van der Waals surface area contributed by atoms with E-state index >= 15 is 0 Å². The van der Waals surface area contributed by atoms with Crippen LogP contribution in [-0.2, 0) is 4.79 Å². The minimum absolute atomic E-state index is 0.150. The second kappa shape index (κ2) is 2.22. The topological polar surface area (TPSA) is 37.3 Å². The second-order valence-corrected chi connectivity index (χ2v) is 3.19. The molecule has 0 aliphatic heterocycles. The van der Waals surface area contributed by atoms with Gasteiger partial charge in [0.25, 0.3) is 0 Å². The first kappa shape index (κ1) is 6.65. The maximum absolute atomic E-state index is 10.7. The molecule has 3 aliphatic rings. The van der Waals surface area contributed by atoms with Crippen LogP contribution in [0.2, 0.25) is 0 Å². The zero-order chi connectivity index (χ0) is 7.84. The molecule has 0 amide bonds. The predicted octanol–water partition coefficient (Wildman–Crippen LogP) is 1.45. The van der Waals surface area contributed by atoms with Crippen LogP contribution in [0.5, 0.6) is 0 Å². The van der Waals surface area contributed by atoms with Crippen molar-refractivity contribution in [2.24, 2.45) is 17.8 Å². The second-order valence-electron chi connectivity index (χ2n) is 3.19. The number of fused-ring (bicyclic) bond motifs is 1. The van der Waals surface area contributed by atoms with E-state index in [1.54, 1.807) is 0 Å². The number of hydrogen-bond acceptors (Lipinski definition) is 1. The Morgan fingerprint density at radius 3 is 2.18 bits per heavy atom. The third kappa shape index (κ3) is 0.985. The van der Waals surface area contributed by atoms with Crippen molar-refractivity contribution in [2.45, 2.75) is 6.42 Å². The fourth-order valence-corrected chi connectivity index (χ4v) is 1.81. The maximum Gasteiger partial charge on any atom is 0.307 e. The molecule has 3 rings (SSSR count). The molecule has 0 aromatic carbocycles. The van der Waals surface area contributed by atoms with Gasteiger partial charge in [0.05, 0.1) is 5.92 Å². The normalized spacial score (nSPS) is 39.5. The fraction of sp³-hybridized carbons (Fsp3) is 0.444. The number of rotatable bonds is 1. The van der Waals surface area contributed by atoms with Gasteiger partial charge >= 0.3 is 5.97 Å². The highest BCUT2D eigenvalue weighted by atomic mass is 16.4. The zero-order valence-corrected chi connectivity index (χ0v) is 6.10. The minimum Gasteiger partial charge on any atom is -0.481 e. The zero-order valence-electron chi connectivity index (χ0n) is 6.10. The van der Waals surface area contributed by atoms with Gasteiger partial charge in [-0.25, -0.2) is 0 Å². The molecule has 2 heteroatoms. The highest BCUT2D eigenvalue weighted by Gasteiger charge is 2.32. The van der Waals surface area contributed by atoms with Gasteiger partial charge in [-0.05, 0) is 12.3 Å². The predicted molar refractivity (Wildman–Crippen MR) is 41.0 cm³/mol. The van der Waals surface area contributed by atoms with Gasteiger partial charge in [-0.2, -0.15) is 0 Å². The van der Waals surface area contributed by atoms with Crippen LogP contribution in [0, 0.1) is 17.8 Å². The van der Waals surface area contributed by atoms with Crippen molar-refractivity contribution in [3.05, 3.63) is 24.3 Å². The molecule has 0 spiro atoms. The van der Waals surface area contributed by atoms with E-state index in [0.29, 0.717) is 5.92 Å². The Balaban J connectivity index is 2.24. The van der Waals surface area contributed by atoms with Gasteiger partial charge in [0, 0.05) is 5.92 Å². The van der Waals surface area contributed by atoms with Crippen molar-refractivity contribution in [3.63, 3.8) is 0 Å². The van der Waals surface area contributed by atoms with Crippen LogP contribution in [0.25, 0.3) is 0 Å². The molecule has 1 N–H and O–H groups in total. The van der Waals surface area contributed by atoms with E-state index in [-0.39, 0.29) is 11.8 Å². The molecular formula is C9H10O2. The molecule has 1 unspecified atom stereocenters. The van der Waals surface area contributed by atoms with Crippen molar-refractivity contribution < 1.29 is 9.90 Å². The van der Waals surface area contributed by atoms with E-state index in [4.69, 9.17) is 5.11 Å². The standard InChI is InChI=1S/C9H10O2/c10-9(11)8-5-6-1-3-7(8)4-2-6/h1-4,6-8H,5H2,(H,10,11). The number of allylic oxidation sites excluding steroid dienone is 4. The Bertz CT molecular complexity index is 226. The summed E-state index contributed by atoms with van der Waals surface area (Å²) in [6, 6.07) is 0. The summed E-state index contributed by atoms with van der Waals surface area (Å²) in [5.41, 5.74) is 0. The molecule has 58 valence electrons. The van der Waals surface area contributed by atoms with Crippen LogP contribution in [0.4, 0.5) is 0 Å². The number of carboxylic acid groups (broad SMARTS) is 1. The van der Waals surface area contributed by atoms with E-state index in [9.17, 15) is 4.79 Å². The van der Waals surface area contributed by atoms with Crippen molar-refractivity contribution >= 4 is 5.97 Å². The molecule has 2 nitrogen and oxygen atoms in total. The van der Waals surface area contributed by atoms with E-state index in [1.807, 2.05) is 12.2 Å². The smallest absolute Gasteiger partial charge is 0.307 e. The fourth-order valence-electron chi connectivity index (χ4n) is 1.81. The van der Waals surface area contributed by atoms with Crippen molar-refractivity contribution in [1.82, 2.24) is 0 Å². The molecule has 0 heterocycles. The quantitative estimate of drug-likeness (QED) is 0.574. The summed E-state index contributed by atoms with van der Waals surface area (Å²) in [5.74, 6) is -0.303. The summed E-state index contributed by atoms with van der Waals surface area (Å²) >= 11 is 0. The lowest BCUT2D eigenvalue weighted by Gasteiger charge is -2.30. The van der Waals surface area contributed by atoms with Crippen molar-refractivity contribution in [2.75, 3.05) is 0 Å². The summed E-state index contributed by atoms with van der Waals surface area (Å²) < 4.78 is 0. The number of aliphatic carboxylic acids is 1. The highest BCUT2D eigenvalue weighted by molar-refractivity contribution is 5.72. The minimum atomic E-state index is -0.659. The van der Waals surface area contributed by atoms with Gasteiger partial charge < -0.3 is 5.11 Å². The van der Waals surface area contributed by atoms with Gasteiger partial charge in [-0.1, -0.05) is 24.3 Å². The van der Waals surface area contributed by atoms with Gasteiger partial charge in [0.1, 0.15) is 0 Å². The largest absolute Gasteiger partial charge is 0.481 e. The number of hydrogen-bond donors (Lipinski definition) is 1. The van der Waals surface area contributed by atoms with E-state index in [2.05, 4.69) is 12.2 Å². The van der Waals surface area contributed by atoms with Gasteiger partial charge in [0.2, 0.25) is 0 Å². The van der Waals surface area contributed by atoms with Crippen LogP contribution in [-0.4, -0.2) is 11.1 Å². The molecule has 0 saturated heterocycles. The molecule has 1 atom stereocenters. The Morgan fingerprint density at radius 1 is 1.27 bits per heavy atom. The van der Waals surface area contributed by atoms with Crippen LogP contribution >= 0.6 is 0 Å². The monoisotopic (exact) mass is 150 g/mol. The Morgan fingerprint density at radius 2 is 1.91 bits per heavy atom. The average Bonchev–Trinajstić information content (AvgIpc) is 2.06. The van der Waals surface area contributed by atoms with Crippen LogP contribution in [0.3, 0.4) is 0 Å². The molecule has 0 aromatic heterocycles. The summed E-state index contributed by atoms with van der Waals surface area (Å²) in [6.45, 7) is 0. The van der Waals surface area contributed by atoms with Gasteiger partial charge in [0.15, 0.2) is 0 Å². The maximum atomic E-state index is 10.7. The lowest BCUT2D eigenvalue weighted by atomic mass is 9.74. The van der Waals surface area contributed by atoms with Crippen molar-refractivity contribution in [3.8, 4) is 0 Å². The highest BCUT2D eigenvalue weighted by Crippen LogP contribution is 2.35. The number of carbonyl (C=O) groups is 1. The molecule has 2 bridgehead atoms. The SMILES string of the molecule is O=C(O)C1CC2C=CC1C=C2. The molecule has 0 saturated carbocycles. The molecule has 3 aliphatic carbocycles. The third-order valence-corrected chi connectivity index (χ3v) is 2.47. The van der Waals surface area contributed by atoms with Gasteiger partial charge in [-0.15, -0.1) is 0 Å². The first-order valence-electron chi connectivity index (χ1n) is 3.87. The average molecular weight is 150 g/mol. The first-order chi connectivity index (χ1) is 5.27. The molecule has 0 aromatic rings. The van der Waals surface area contributed by atoms with E-state index in [0.717, 1.165) is 6.42 Å². The Kier molecular flexibility index (Phi) is 1.34. The summed E-state index contributed by atoms with van der Waals surface area (Å²) in [5, 5.41) is 8.79. The Labute approximate surface area is 65.2 Å². The van der Waals surface area contributed by atoms with Gasteiger partial charge in [-0.3, -0.25) is 4.79 Å². The van der Waals surface area contributed by atoms with E-state index < -0.39 is 5.97 Å². The molecule has 11 heavy (non-hydrogen) atoms. The third-order valence-electron chi connectivity index (χ3n) is 2.47. The lowest BCUT2D eigenvalue weighted by molar-refractivity contribution is -0.143. The van der Waals surface area contributed by atoms with Crippen LogP contribution in [0.15, 0.2) is 24.3 Å². The molecular weight excluding hydrogens is 140 g/mol. The van der Waals surface area contributed by atoms with Crippen LogP contribution < -0.4 is 0 Å². The van der Waals surface area contributed by atoms with Crippen molar-refractivity contribution in [1.29, 1.82) is 0 Å². The van der Waals surface area contributed by atoms with Crippen LogP contribution in [0.1, 0.15) is 6.42 Å².